The monoisotopic (exact) mass is 239 g/mol. The van der Waals surface area contributed by atoms with E-state index in [1.54, 1.807) is 0 Å². The summed E-state index contributed by atoms with van der Waals surface area (Å²) in [7, 11) is -3.72. The van der Waals surface area contributed by atoms with Gasteiger partial charge in [0.25, 0.3) is 0 Å². The fraction of sp³-hybridized carbons (Fsp3) is 0.714. The highest BCUT2D eigenvalue weighted by Crippen LogP contribution is 2.06. The van der Waals surface area contributed by atoms with Crippen LogP contribution < -0.4 is 0 Å². The van der Waals surface area contributed by atoms with Gasteiger partial charge in [0.2, 0.25) is 10.0 Å². The summed E-state index contributed by atoms with van der Waals surface area (Å²) in [6.45, 7) is 0.840. The fourth-order valence-corrected chi connectivity index (χ4v) is 2.06. The van der Waals surface area contributed by atoms with E-state index >= 15 is 0 Å². The molecular weight excluding hydrogens is 226 g/mol. The molecule has 15 heavy (non-hydrogen) atoms. The molecule has 0 aliphatic heterocycles. The number of carbonyl (C=O) groups is 2. The van der Waals surface area contributed by atoms with E-state index in [0.29, 0.717) is 4.31 Å². The van der Waals surface area contributed by atoms with Gasteiger partial charge in [-0.05, 0) is 6.92 Å². The quantitative estimate of drug-likeness (QED) is 0.627. The minimum atomic E-state index is -3.72. The molecule has 88 valence electrons. The molecule has 0 amide bonds. The average molecular weight is 239 g/mol. The van der Waals surface area contributed by atoms with Crippen LogP contribution in [0.15, 0.2) is 0 Å². The van der Waals surface area contributed by atoms with E-state index in [1.807, 2.05) is 0 Å². The van der Waals surface area contributed by atoms with Crippen LogP contribution >= 0.6 is 0 Å². The first-order valence-electron chi connectivity index (χ1n) is 4.07. The van der Waals surface area contributed by atoms with Crippen LogP contribution in [0.5, 0.6) is 0 Å². The predicted octanol–water partition coefficient (Wildman–Crippen LogP) is -0.804. The molecule has 0 rings (SSSR count). The van der Waals surface area contributed by atoms with Gasteiger partial charge in [0, 0.05) is 6.54 Å². The van der Waals surface area contributed by atoms with Crippen LogP contribution in [0.4, 0.5) is 0 Å². The number of sulfonamides is 1. The van der Waals surface area contributed by atoms with Crippen molar-refractivity contribution in [2.24, 2.45) is 0 Å². The van der Waals surface area contributed by atoms with Gasteiger partial charge in [-0.15, -0.1) is 0 Å². The SMILES string of the molecule is CC(C(=O)O)N(CCC(=O)O)S(C)(=O)=O. The lowest BCUT2D eigenvalue weighted by molar-refractivity contribution is -0.142. The van der Waals surface area contributed by atoms with Gasteiger partial charge in [0.15, 0.2) is 0 Å². The summed E-state index contributed by atoms with van der Waals surface area (Å²) in [6, 6.07) is -1.26. The van der Waals surface area contributed by atoms with Gasteiger partial charge in [0.05, 0.1) is 12.7 Å². The first-order valence-corrected chi connectivity index (χ1v) is 5.92. The lowest BCUT2D eigenvalue weighted by Crippen LogP contribution is -2.43. The zero-order chi connectivity index (χ0) is 12.2. The third kappa shape index (κ3) is 4.75. The molecular formula is C7H13NO6S. The molecule has 0 saturated carbocycles. The van der Waals surface area contributed by atoms with E-state index in [0.717, 1.165) is 6.26 Å². The summed E-state index contributed by atoms with van der Waals surface area (Å²) in [5.41, 5.74) is 0. The maximum absolute atomic E-state index is 11.2. The molecule has 1 atom stereocenters. The van der Waals surface area contributed by atoms with E-state index in [-0.39, 0.29) is 6.54 Å². The lowest BCUT2D eigenvalue weighted by atomic mass is 10.3. The van der Waals surface area contributed by atoms with Crippen LogP contribution in [0.3, 0.4) is 0 Å². The minimum Gasteiger partial charge on any atom is -0.481 e. The summed E-state index contributed by atoms with van der Waals surface area (Å²) in [6.07, 6.45) is 0.416. The van der Waals surface area contributed by atoms with E-state index in [2.05, 4.69) is 0 Å². The molecule has 0 radical (unpaired) electrons. The first-order chi connectivity index (χ1) is 6.66. The molecule has 0 aliphatic rings. The standard InChI is InChI=1S/C7H13NO6S/c1-5(7(11)12)8(15(2,13)14)4-3-6(9)10/h5H,3-4H2,1-2H3,(H,9,10)(H,11,12). The molecule has 0 aromatic heterocycles. The molecule has 0 aliphatic carbocycles. The molecule has 0 heterocycles. The summed E-state index contributed by atoms with van der Waals surface area (Å²) < 4.78 is 23.0. The van der Waals surface area contributed by atoms with Gasteiger partial charge in [-0.3, -0.25) is 9.59 Å². The van der Waals surface area contributed by atoms with Gasteiger partial charge in [-0.2, -0.15) is 4.31 Å². The van der Waals surface area contributed by atoms with Crippen molar-refractivity contribution in [1.82, 2.24) is 4.31 Å². The van der Waals surface area contributed by atoms with E-state index in [9.17, 15) is 18.0 Å². The third-order valence-corrected chi connectivity index (χ3v) is 3.11. The zero-order valence-electron chi connectivity index (χ0n) is 8.37. The predicted molar refractivity (Wildman–Crippen MR) is 50.9 cm³/mol. The molecule has 1 unspecified atom stereocenters. The Morgan fingerprint density at radius 2 is 1.80 bits per heavy atom. The molecule has 0 saturated heterocycles. The van der Waals surface area contributed by atoms with Gasteiger partial charge in [-0.25, -0.2) is 8.42 Å². The van der Waals surface area contributed by atoms with Crippen molar-refractivity contribution in [3.63, 3.8) is 0 Å². The highest BCUT2D eigenvalue weighted by Gasteiger charge is 2.28. The van der Waals surface area contributed by atoms with E-state index in [1.165, 1.54) is 6.92 Å². The Labute approximate surface area is 87.4 Å². The summed E-state index contributed by atoms with van der Waals surface area (Å²) in [5, 5.41) is 17.0. The van der Waals surface area contributed by atoms with Crippen molar-refractivity contribution in [2.45, 2.75) is 19.4 Å². The molecule has 7 nitrogen and oxygen atoms in total. The molecule has 0 spiro atoms. The number of hydrogen-bond acceptors (Lipinski definition) is 4. The third-order valence-electron chi connectivity index (χ3n) is 1.76. The van der Waals surface area contributed by atoms with Gasteiger partial charge in [0.1, 0.15) is 6.04 Å². The Kier molecular flexibility index (Phi) is 4.69. The number of carboxylic acid groups (broad SMARTS) is 2. The molecule has 8 heteroatoms. The topological polar surface area (TPSA) is 112 Å². The molecule has 0 aromatic rings. The molecule has 0 aromatic carbocycles. The normalized spacial score (nSPS) is 13.8. The average Bonchev–Trinajstić information content (AvgIpc) is 2.00. The Morgan fingerprint density at radius 1 is 1.33 bits per heavy atom. The van der Waals surface area contributed by atoms with Crippen LogP contribution in [0.25, 0.3) is 0 Å². The molecule has 0 fully saturated rings. The first kappa shape index (κ1) is 13.8. The summed E-state index contributed by atoms with van der Waals surface area (Å²) >= 11 is 0. The number of aliphatic carboxylic acids is 2. The van der Waals surface area contributed by atoms with E-state index < -0.39 is 34.4 Å². The number of carboxylic acids is 2. The van der Waals surface area contributed by atoms with Crippen molar-refractivity contribution in [2.75, 3.05) is 12.8 Å². The van der Waals surface area contributed by atoms with Crippen molar-refractivity contribution < 1.29 is 28.2 Å². The Morgan fingerprint density at radius 3 is 2.07 bits per heavy atom. The van der Waals surface area contributed by atoms with Crippen LogP contribution in [-0.4, -0.2) is 53.7 Å². The van der Waals surface area contributed by atoms with Crippen LogP contribution in [0, 0.1) is 0 Å². The van der Waals surface area contributed by atoms with Crippen molar-refractivity contribution in [1.29, 1.82) is 0 Å². The summed E-state index contributed by atoms with van der Waals surface area (Å²) in [4.78, 5) is 20.8. The highest BCUT2D eigenvalue weighted by atomic mass is 32.2. The number of nitrogens with zero attached hydrogens (tertiary/aromatic N) is 1. The smallest absolute Gasteiger partial charge is 0.321 e. The second kappa shape index (κ2) is 5.08. The molecule has 0 bridgehead atoms. The lowest BCUT2D eigenvalue weighted by Gasteiger charge is -2.22. The fourth-order valence-electron chi connectivity index (χ4n) is 0.976. The van der Waals surface area contributed by atoms with Crippen LogP contribution in [0.2, 0.25) is 0 Å². The van der Waals surface area contributed by atoms with Crippen molar-refractivity contribution >= 4 is 22.0 Å². The zero-order valence-corrected chi connectivity index (χ0v) is 9.19. The van der Waals surface area contributed by atoms with Gasteiger partial charge in [-0.1, -0.05) is 0 Å². The van der Waals surface area contributed by atoms with E-state index in [4.69, 9.17) is 10.2 Å². The van der Waals surface area contributed by atoms with Crippen molar-refractivity contribution in [3.05, 3.63) is 0 Å². The van der Waals surface area contributed by atoms with Gasteiger partial charge >= 0.3 is 11.9 Å². The minimum absolute atomic E-state index is 0.346. The Balaban J connectivity index is 4.75. The second-order valence-corrected chi connectivity index (χ2v) is 4.97. The Bertz CT molecular complexity index is 348. The number of rotatable bonds is 6. The summed E-state index contributed by atoms with van der Waals surface area (Å²) in [5.74, 6) is -2.49. The van der Waals surface area contributed by atoms with Crippen LogP contribution in [-0.2, 0) is 19.6 Å². The second-order valence-electron chi connectivity index (χ2n) is 3.03. The number of hydrogen-bond donors (Lipinski definition) is 2. The maximum atomic E-state index is 11.2. The largest absolute Gasteiger partial charge is 0.481 e. The van der Waals surface area contributed by atoms with Crippen LogP contribution in [0.1, 0.15) is 13.3 Å². The molecule has 2 N–H and O–H groups in total. The van der Waals surface area contributed by atoms with Gasteiger partial charge < -0.3 is 10.2 Å². The maximum Gasteiger partial charge on any atom is 0.321 e. The Hall–Kier alpha value is -1.15. The van der Waals surface area contributed by atoms with Crippen molar-refractivity contribution in [3.8, 4) is 0 Å². The highest BCUT2D eigenvalue weighted by molar-refractivity contribution is 7.88.